The Hall–Kier alpha value is -0.920. The Balaban J connectivity index is 2.70. The lowest BCUT2D eigenvalue weighted by Gasteiger charge is -2.21. The molecule has 0 amide bonds. The molecular weight excluding hydrogens is 170 g/mol. The highest BCUT2D eigenvalue weighted by molar-refractivity contribution is 5.31. The second kappa shape index (κ2) is 3.09. The van der Waals surface area contributed by atoms with Crippen molar-refractivity contribution in [3.05, 3.63) is 34.9 Å². The SMILES string of the molecule is [2H]C1([2H])Cc2c(ccc(F)c2F)C([2H])([2H])C1C. The van der Waals surface area contributed by atoms with Crippen LogP contribution >= 0.6 is 0 Å². The predicted molar refractivity (Wildman–Crippen MR) is 47.5 cm³/mol. The molecule has 13 heavy (non-hydrogen) atoms. The summed E-state index contributed by atoms with van der Waals surface area (Å²) in [6, 6.07) is 2.10. The lowest BCUT2D eigenvalue weighted by Crippen LogP contribution is -2.13. The Bertz CT molecular complexity index is 471. The highest BCUT2D eigenvalue weighted by Crippen LogP contribution is 2.28. The van der Waals surface area contributed by atoms with Crippen molar-refractivity contribution in [2.75, 3.05) is 0 Å². The summed E-state index contributed by atoms with van der Waals surface area (Å²) >= 11 is 0. The van der Waals surface area contributed by atoms with Gasteiger partial charge in [0.15, 0.2) is 11.6 Å². The Morgan fingerprint density at radius 2 is 2.23 bits per heavy atom. The van der Waals surface area contributed by atoms with E-state index in [0.29, 0.717) is 0 Å². The summed E-state index contributed by atoms with van der Waals surface area (Å²) in [6.07, 6.45) is -4.18. The first kappa shape index (κ1) is 5.08. The van der Waals surface area contributed by atoms with Gasteiger partial charge in [-0.25, -0.2) is 8.78 Å². The van der Waals surface area contributed by atoms with Crippen LogP contribution in [0.15, 0.2) is 12.1 Å². The van der Waals surface area contributed by atoms with Gasteiger partial charge >= 0.3 is 0 Å². The normalized spacial score (nSPS) is 33.6. The first-order valence-electron chi connectivity index (χ1n) is 6.15. The van der Waals surface area contributed by atoms with Crippen LogP contribution in [0, 0.1) is 17.6 Å². The lowest BCUT2D eigenvalue weighted by molar-refractivity contribution is 0.454. The molecule has 2 rings (SSSR count). The zero-order chi connectivity index (χ0) is 13.0. The molecule has 1 aromatic carbocycles. The van der Waals surface area contributed by atoms with Crippen LogP contribution in [0.4, 0.5) is 8.78 Å². The van der Waals surface area contributed by atoms with Gasteiger partial charge in [-0.15, -0.1) is 0 Å². The number of hydrogen-bond donors (Lipinski definition) is 0. The van der Waals surface area contributed by atoms with Gasteiger partial charge in [-0.3, -0.25) is 0 Å². The minimum atomic E-state index is -1.99. The van der Waals surface area contributed by atoms with Gasteiger partial charge in [0.2, 0.25) is 0 Å². The van der Waals surface area contributed by atoms with Gasteiger partial charge < -0.3 is 0 Å². The summed E-state index contributed by atoms with van der Waals surface area (Å²) in [5.41, 5.74) is -0.128. The van der Waals surface area contributed by atoms with E-state index in [-0.39, 0.29) is 17.5 Å². The smallest absolute Gasteiger partial charge is 0.162 e. The minimum Gasteiger partial charge on any atom is -0.204 e. The van der Waals surface area contributed by atoms with Crippen LogP contribution < -0.4 is 0 Å². The molecule has 0 saturated heterocycles. The molecule has 0 N–H and O–H groups in total. The minimum absolute atomic E-state index is 0.0547. The topological polar surface area (TPSA) is 0 Å². The summed E-state index contributed by atoms with van der Waals surface area (Å²) in [7, 11) is 0. The first-order valence-corrected chi connectivity index (χ1v) is 4.15. The van der Waals surface area contributed by atoms with Gasteiger partial charge in [-0.2, -0.15) is 0 Å². The van der Waals surface area contributed by atoms with E-state index in [1.54, 1.807) is 0 Å². The van der Waals surface area contributed by atoms with Gasteiger partial charge in [0.25, 0.3) is 0 Å². The van der Waals surface area contributed by atoms with Crippen LogP contribution in [0.2, 0.25) is 0 Å². The molecule has 1 unspecified atom stereocenters. The number of hydrogen-bond acceptors (Lipinski definition) is 0. The number of benzene rings is 1. The van der Waals surface area contributed by atoms with E-state index in [9.17, 15) is 8.78 Å². The second-order valence-electron chi connectivity index (χ2n) is 3.13. The summed E-state index contributed by atoms with van der Waals surface area (Å²) in [5, 5.41) is 0. The fourth-order valence-electron chi connectivity index (χ4n) is 1.44. The van der Waals surface area contributed by atoms with Crippen molar-refractivity contribution in [3.8, 4) is 0 Å². The van der Waals surface area contributed by atoms with Crippen molar-refractivity contribution in [2.24, 2.45) is 5.92 Å². The molecule has 0 aliphatic heterocycles. The maximum Gasteiger partial charge on any atom is 0.162 e. The zero-order valence-electron chi connectivity index (χ0n) is 11.2. The second-order valence-corrected chi connectivity index (χ2v) is 3.13. The van der Waals surface area contributed by atoms with Crippen molar-refractivity contribution >= 4 is 0 Å². The van der Waals surface area contributed by atoms with Crippen molar-refractivity contribution in [2.45, 2.75) is 26.1 Å². The Morgan fingerprint density at radius 3 is 3.00 bits per heavy atom. The molecule has 0 aromatic heterocycles. The fraction of sp³-hybridized carbons (Fsp3) is 0.455. The maximum atomic E-state index is 13.6. The summed E-state index contributed by atoms with van der Waals surface area (Å²) < 4.78 is 57.9. The third-order valence-corrected chi connectivity index (χ3v) is 2.15. The molecule has 2 heteroatoms. The third kappa shape index (κ3) is 1.45. The number of fused-ring (bicyclic) bond motifs is 1. The molecule has 1 aromatic rings. The van der Waals surface area contributed by atoms with E-state index >= 15 is 0 Å². The molecule has 1 aliphatic carbocycles. The molecule has 0 saturated carbocycles. The molecule has 0 bridgehead atoms. The van der Waals surface area contributed by atoms with Crippen molar-refractivity contribution in [1.29, 1.82) is 0 Å². The average Bonchev–Trinajstić information content (AvgIpc) is 2.21. The fourth-order valence-corrected chi connectivity index (χ4v) is 1.44. The summed E-state index contributed by atoms with van der Waals surface area (Å²) in [4.78, 5) is 0. The van der Waals surface area contributed by atoms with Gasteiger partial charge in [0.05, 0.1) is 0 Å². The highest BCUT2D eigenvalue weighted by atomic mass is 19.2. The van der Waals surface area contributed by atoms with E-state index in [2.05, 4.69) is 0 Å². The predicted octanol–water partition coefficient (Wildman–Crippen LogP) is 3.09. The van der Waals surface area contributed by atoms with Gasteiger partial charge in [-0.1, -0.05) is 13.0 Å². The van der Waals surface area contributed by atoms with E-state index in [0.717, 1.165) is 6.07 Å². The highest BCUT2D eigenvalue weighted by Gasteiger charge is 2.19. The quantitative estimate of drug-likeness (QED) is 0.584. The van der Waals surface area contributed by atoms with Crippen molar-refractivity contribution in [3.63, 3.8) is 0 Å². The maximum absolute atomic E-state index is 13.6. The lowest BCUT2D eigenvalue weighted by atomic mass is 9.85. The Labute approximate surface area is 82.2 Å². The molecule has 0 nitrogen and oxygen atoms in total. The van der Waals surface area contributed by atoms with Crippen LogP contribution in [0.3, 0.4) is 0 Å². The van der Waals surface area contributed by atoms with Gasteiger partial charge in [-0.05, 0) is 42.3 Å². The van der Waals surface area contributed by atoms with Crippen LogP contribution in [-0.4, -0.2) is 0 Å². The van der Waals surface area contributed by atoms with Gasteiger partial charge in [0, 0.05) is 5.48 Å². The van der Waals surface area contributed by atoms with E-state index in [4.69, 9.17) is 5.48 Å². The van der Waals surface area contributed by atoms with E-state index in [1.807, 2.05) is 0 Å². The Morgan fingerprint density at radius 1 is 1.46 bits per heavy atom. The number of rotatable bonds is 0. The molecule has 0 spiro atoms. The molecular formula is C11H12F2. The van der Waals surface area contributed by atoms with Crippen molar-refractivity contribution < 1.29 is 14.3 Å². The summed E-state index contributed by atoms with van der Waals surface area (Å²) in [6.45, 7) is 1.45. The van der Waals surface area contributed by atoms with E-state index in [1.165, 1.54) is 13.0 Å². The monoisotopic (exact) mass is 186 g/mol. The molecule has 0 radical (unpaired) electrons. The molecule has 1 atom stereocenters. The Kier molecular flexibility index (Phi) is 1.21. The van der Waals surface area contributed by atoms with Gasteiger partial charge in [0.1, 0.15) is 0 Å². The van der Waals surface area contributed by atoms with Crippen LogP contribution in [0.1, 0.15) is 29.9 Å². The molecule has 0 heterocycles. The number of halogens is 2. The third-order valence-electron chi connectivity index (χ3n) is 2.15. The van der Waals surface area contributed by atoms with Crippen LogP contribution in [0.5, 0.6) is 0 Å². The molecule has 1 aliphatic rings. The van der Waals surface area contributed by atoms with Crippen LogP contribution in [-0.2, 0) is 12.8 Å². The molecule has 70 valence electrons. The standard InChI is InChI=1S/C11H12F2/c1-7-2-4-9-8(6-7)3-5-10(12)11(9)13/h3,5,7H,2,4,6H2,1H3/i2D2,6D2. The zero-order valence-corrected chi connectivity index (χ0v) is 7.20. The molecule has 0 fully saturated rings. The largest absolute Gasteiger partial charge is 0.204 e. The average molecular weight is 186 g/mol. The van der Waals surface area contributed by atoms with E-state index < -0.39 is 30.3 Å². The first-order chi connectivity index (χ1) is 7.68. The van der Waals surface area contributed by atoms with Crippen LogP contribution in [0.25, 0.3) is 0 Å². The van der Waals surface area contributed by atoms with Crippen molar-refractivity contribution in [1.82, 2.24) is 0 Å². The summed E-state index contributed by atoms with van der Waals surface area (Å²) in [5.74, 6) is -3.11.